The highest BCUT2D eigenvalue weighted by atomic mass is 32.1. The van der Waals surface area contributed by atoms with E-state index >= 15 is 0 Å². The summed E-state index contributed by atoms with van der Waals surface area (Å²) in [6, 6.07) is 6.18. The molecule has 0 fully saturated rings. The van der Waals surface area contributed by atoms with Crippen LogP contribution in [0.1, 0.15) is 0 Å². The Kier molecular flexibility index (Phi) is 2.64. The van der Waals surface area contributed by atoms with Gasteiger partial charge in [-0.1, -0.05) is 0 Å². The lowest BCUT2D eigenvalue weighted by Crippen LogP contribution is -2.14. The first-order valence-corrected chi connectivity index (χ1v) is 4.63. The van der Waals surface area contributed by atoms with Gasteiger partial charge in [-0.15, -0.1) is 4.91 Å². The molecule has 7 nitrogen and oxygen atoms in total. The molecule has 1 aromatic heterocycles. The quantitative estimate of drug-likeness (QED) is 0.478. The molecule has 0 saturated carbocycles. The molecule has 0 aliphatic heterocycles. The predicted octanol–water partition coefficient (Wildman–Crippen LogP) is 1.28. The molecule has 8 heteroatoms. The van der Waals surface area contributed by atoms with Crippen molar-refractivity contribution in [2.24, 2.45) is 5.34 Å². The second-order valence-corrected chi connectivity index (χ2v) is 3.24. The van der Waals surface area contributed by atoms with E-state index in [0.29, 0.717) is 5.69 Å². The van der Waals surface area contributed by atoms with E-state index in [1.54, 1.807) is 12.1 Å². The third-order valence-electron chi connectivity index (χ3n) is 1.92. The summed E-state index contributed by atoms with van der Waals surface area (Å²) in [7, 11) is 0. The summed E-state index contributed by atoms with van der Waals surface area (Å²) in [6.45, 7) is 0. The summed E-state index contributed by atoms with van der Waals surface area (Å²) in [4.78, 5) is 25.6. The van der Waals surface area contributed by atoms with Gasteiger partial charge >= 0.3 is 5.69 Å². The number of rotatable bonds is 3. The molecule has 0 atom stereocenters. The Labute approximate surface area is 93.6 Å². The maximum absolute atomic E-state index is 11.4. The lowest BCUT2D eigenvalue weighted by Gasteiger charge is -2.00. The topological polar surface area (TPSA) is 92.2 Å². The summed E-state index contributed by atoms with van der Waals surface area (Å²) >= 11 is 4.92. The number of nitrogens with zero attached hydrogens (tertiary/aromatic N) is 2. The van der Waals surface area contributed by atoms with Crippen LogP contribution >= 0.6 is 12.2 Å². The summed E-state index contributed by atoms with van der Waals surface area (Å²) in [5.74, 6) is 0.289. The zero-order valence-electron chi connectivity index (χ0n) is 7.84. The third kappa shape index (κ3) is 1.77. The average molecular weight is 238 g/mol. The molecule has 2 aromatic rings. The molecule has 2 N–H and O–H groups in total. The SMILES string of the molecule is O=NOc1ccc(-n2c(=O)[nH][nH]c2=S)cc1. The van der Waals surface area contributed by atoms with Crippen molar-refractivity contribution in [2.75, 3.05) is 0 Å². The van der Waals surface area contributed by atoms with E-state index in [1.807, 2.05) is 0 Å². The first kappa shape index (κ1) is 10.3. The Morgan fingerprint density at radius 2 is 1.94 bits per heavy atom. The van der Waals surface area contributed by atoms with Gasteiger partial charge in [0.05, 0.1) is 5.69 Å². The second-order valence-electron chi connectivity index (χ2n) is 2.86. The van der Waals surface area contributed by atoms with E-state index in [9.17, 15) is 9.70 Å². The Hall–Kier alpha value is -2.22. The number of hydrogen-bond acceptors (Lipinski definition) is 5. The fourth-order valence-corrected chi connectivity index (χ4v) is 1.48. The molecule has 0 unspecified atom stereocenters. The van der Waals surface area contributed by atoms with Crippen LogP contribution < -0.4 is 10.5 Å². The minimum Gasteiger partial charge on any atom is -0.324 e. The lowest BCUT2D eigenvalue weighted by molar-refractivity contribution is 0.335. The van der Waals surface area contributed by atoms with Crippen molar-refractivity contribution < 1.29 is 4.84 Å². The van der Waals surface area contributed by atoms with Gasteiger partial charge in [0.1, 0.15) is 0 Å². The van der Waals surface area contributed by atoms with Gasteiger partial charge in [-0.05, 0) is 36.5 Å². The van der Waals surface area contributed by atoms with Gasteiger partial charge in [0.25, 0.3) is 0 Å². The van der Waals surface area contributed by atoms with E-state index in [0.717, 1.165) is 0 Å². The van der Waals surface area contributed by atoms with Crippen LogP contribution in [-0.4, -0.2) is 14.8 Å². The Morgan fingerprint density at radius 1 is 1.25 bits per heavy atom. The average Bonchev–Trinajstić information content (AvgIpc) is 2.61. The number of hydrogen-bond donors (Lipinski definition) is 2. The molecular formula is C8H6N4O3S. The minimum atomic E-state index is -0.368. The number of H-pyrrole nitrogens is 2. The molecule has 0 spiro atoms. The van der Waals surface area contributed by atoms with E-state index in [4.69, 9.17) is 12.2 Å². The highest BCUT2D eigenvalue weighted by molar-refractivity contribution is 7.71. The lowest BCUT2D eigenvalue weighted by atomic mass is 10.3. The molecule has 1 aromatic carbocycles. The van der Waals surface area contributed by atoms with Crippen molar-refractivity contribution in [3.63, 3.8) is 0 Å². The second kappa shape index (κ2) is 4.11. The Bertz CT molecular complexity index is 582. The van der Waals surface area contributed by atoms with Crippen LogP contribution in [0.25, 0.3) is 5.69 Å². The maximum Gasteiger partial charge on any atom is 0.347 e. The van der Waals surface area contributed by atoms with Crippen molar-refractivity contribution in [1.82, 2.24) is 14.8 Å². The zero-order valence-corrected chi connectivity index (χ0v) is 8.65. The molecule has 2 rings (SSSR count). The van der Waals surface area contributed by atoms with Crippen molar-refractivity contribution in [2.45, 2.75) is 0 Å². The van der Waals surface area contributed by atoms with E-state index in [2.05, 4.69) is 20.4 Å². The minimum absolute atomic E-state index is 0.257. The fraction of sp³-hybridized carbons (Fsp3) is 0. The van der Waals surface area contributed by atoms with Crippen molar-refractivity contribution >= 4 is 12.2 Å². The maximum atomic E-state index is 11.4. The molecule has 1 heterocycles. The number of aromatic amines is 2. The van der Waals surface area contributed by atoms with Gasteiger partial charge in [0, 0.05) is 0 Å². The largest absolute Gasteiger partial charge is 0.347 e. The normalized spacial score (nSPS) is 10.0. The van der Waals surface area contributed by atoms with Crippen LogP contribution in [0.4, 0.5) is 0 Å². The molecule has 16 heavy (non-hydrogen) atoms. The van der Waals surface area contributed by atoms with E-state index < -0.39 is 0 Å². The van der Waals surface area contributed by atoms with Crippen molar-refractivity contribution in [3.8, 4) is 11.4 Å². The standard InChI is InChI=1S/C8H6N4O3S/c13-7-9-10-8(16)12(7)5-1-3-6(4-2-5)15-11-14/h1-4H,(H,9,13)(H,10,16). The monoisotopic (exact) mass is 238 g/mol. The fourth-order valence-electron chi connectivity index (χ4n) is 1.24. The molecule has 0 aliphatic rings. The van der Waals surface area contributed by atoms with Crippen LogP contribution in [0.2, 0.25) is 0 Å². The highest BCUT2D eigenvalue weighted by Crippen LogP contribution is 2.14. The van der Waals surface area contributed by atoms with E-state index in [-0.39, 0.29) is 16.2 Å². The van der Waals surface area contributed by atoms with Gasteiger partial charge in [-0.3, -0.25) is 5.10 Å². The van der Waals surface area contributed by atoms with Crippen LogP contribution in [0, 0.1) is 9.68 Å². The van der Waals surface area contributed by atoms with Gasteiger partial charge in [0.2, 0.25) is 4.77 Å². The van der Waals surface area contributed by atoms with E-state index in [1.165, 1.54) is 16.7 Å². The molecule has 0 bridgehead atoms. The predicted molar refractivity (Wildman–Crippen MR) is 58.0 cm³/mol. The van der Waals surface area contributed by atoms with Gasteiger partial charge in [-0.25, -0.2) is 14.5 Å². The molecule has 0 aliphatic carbocycles. The highest BCUT2D eigenvalue weighted by Gasteiger charge is 2.03. The van der Waals surface area contributed by atoms with Gasteiger partial charge in [0.15, 0.2) is 11.1 Å². The Balaban J connectivity index is 2.46. The molecule has 0 saturated heterocycles. The van der Waals surface area contributed by atoms with Crippen LogP contribution in [0.15, 0.2) is 34.4 Å². The smallest absolute Gasteiger partial charge is 0.324 e. The Morgan fingerprint density at radius 3 is 2.44 bits per heavy atom. The first-order chi connectivity index (χ1) is 7.72. The summed E-state index contributed by atoms with van der Waals surface area (Å²) < 4.78 is 1.53. The van der Waals surface area contributed by atoms with Crippen molar-refractivity contribution in [3.05, 3.63) is 44.4 Å². The summed E-state index contributed by atoms with van der Waals surface area (Å²) in [5, 5.41) is 7.15. The van der Waals surface area contributed by atoms with Crippen LogP contribution in [0.5, 0.6) is 5.75 Å². The molecule has 82 valence electrons. The third-order valence-corrected chi connectivity index (χ3v) is 2.20. The zero-order chi connectivity index (χ0) is 11.5. The number of aromatic nitrogens is 3. The molecule has 0 amide bonds. The molecule has 0 radical (unpaired) electrons. The summed E-state index contributed by atoms with van der Waals surface area (Å²) in [6.07, 6.45) is 0. The van der Waals surface area contributed by atoms with Gasteiger partial charge in [-0.2, -0.15) is 0 Å². The van der Waals surface area contributed by atoms with Crippen LogP contribution in [-0.2, 0) is 0 Å². The first-order valence-electron chi connectivity index (χ1n) is 4.22. The molecular weight excluding hydrogens is 232 g/mol. The van der Waals surface area contributed by atoms with Crippen LogP contribution in [0.3, 0.4) is 0 Å². The van der Waals surface area contributed by atoms with Crippen molar-refractivity contribution in [1.29, 1.82) is 0 Å². The number of nitrogens with one attached hydrogen (secondary N) is 2. The van der Waals surface area contributed by atoms with Gasteiger partial charge < -0.3 is 4.84 Å². The summed E-state index contributed by atoms with van der Waals surface area (Å²) in [5.41, 5.74) is 0.193. The number of benzene rings is 1.